The molecule has 0 bridgehead atoms. The van der Waals surface area contributed by atoms with Gasteiger partial charge in [-0.25, -0.2) is 4.98 Å². The number of aryl methyl sites for hydroxylation is 1. The van der Waals surface area contributed by atoms with Gasteiger partial charge in [0.2, 0.25) is 5.95 Å². The van der Waals surface area contributed by atoms with Crippen molar-refractivity contribution in [3.05, 3.63) is 24.5 Å². The van der Waals surface area contributed by atoms with Crippen molar-refractivity contribution in [1.82, 2.24) is 14.9 Å². The summed E-state index contributed by atoms with van der Waals surface area (Å²) >= 11 is 0. The lowest BCUT2D eigenvalue weighted by Crippen LogP contribution is -2.29. The first-order valence-corrected chi connectivity index (χ1v) is 5.75. The molecule has 0 unspecified atom stereocenters. The van der Waals surface area contributed by atoms with Gasteiger partial charge in [0, 0.05) is 32.9 Å². The molecular weight excluding hydrogens is 200 g/mol. The molecule has 16 heavy (non-hydrogen) atoms. The molecule has 0 saturated carbocycles. The third-order valence-electron chi connectivity index (χ3n) is 2.53. The van der Waals surface area contributed by atoms with Gasteiger partial charge in [0.1, 0.15) is 0 Å². The minimum absolute atomic E-state index is 0.812. The van der Waals surface area contributed by atoms with Crippen LogP contribution in [-0.2, 0) is 13.0 Å². The van der Waals surface area contributed by atoms with Gasteiger partial charge < -0.3 is 14.8 Å². The third-order valence-corrected chi connectivity index (χ3v) is 2.53. The molecule has 0 radical (unpaired) electrons. The molecule has 0 saturated heterocycles. The Morgan fingerprint density at radius 2 is 2.38 bits per heavy atom. The number of imidazole rings is 1. The topological polar surface area (TPSA) is 33.1 Å². The fourth-order valence-corrected chi connectivity index (χ4v) is 1.59. The van der Waals surface area contributed by atoms with E-state index in [1.807, 2.05) is 13.1 Å². The molecule has 0 amide bonds. The summed E-state index contributed by atoms with van der Waals surface area (Å²) in [6, 6.07) is 0. The van der Waals surface area contributed by atoms with Crippen LogP contribution in [0.2, 0.25) is 0 Å². The van der Waals surface area contributed by atoms with E-state index in [0.29, 0.717) is 0 Å². The minimum atomic E-state index is 0.812. The van der Waals surface area contributed by atoms with Gasteiger partial charge in [0.25, 0.3) is 0 Å². The lowest BCUT2D eigenvalue weighted by molar-refractivity contribution is 0.721. The first kappa shape index (κ1) is 12.8. The molecular formula is C12H22N4. The predicted molar refractivity (Wildman–Crippen MR) is 69.0 cm³/mol. The summed E-state index contributed by atoms with van der Waals surface area (Å²) in [4.78, 5) is 6.78. The van der Waals surface area contributed by atoms with Gasteiger partial charge in [-0.3, -0.25) is 0 Å². The van der Waals surface area contributed by atoms with Crippen LogP contribution in [0.5, 0.6) is 0 Å². The molecule has 90 valence electrons. The second kappa shape index (κ2) is 6.33. The van der Waals surface area contributed by atoms with E-state index in [4.69, 9.17) is 0 Å². The fraction of sp³-hybridized carbons (Fsp3) is 0.583. The standard InChI is InChI=1S/C12H22N4/c1-5-8-16-10-11(6-2)14-12(16)15(4)9-7-13-3/h5,10,13H,1,6-9H2,2-4H3. The van der Waals surface area contributed by atoms with Gasteiger partial charge in [-0.05, 0) is 13.5 Å². The number of rotatable bonds is 7. The third kappa shape index (κ3) is 3.10. The van der Waals surface area contributed by atoms with Crippen LogP contribution in [-0.4, -0.2) is 36.7 Å². The lowest BCUT2D eigenvalue weighted by Gasteiger charge is -2.18. The first-order valence-electron chi connectivity index (χ1n) is 5.75. The zero-order chi connectivity index (χ0) is 12.0. The van der Waals surface area contributed by atoms with E-state index in [-0.39, 0.29) is 0 Å². The Morgan fingerprint density at radius 1 is 1.62 bits per heavy atom. The number of aromatic nitrogens is 2. The highest BCUT2D eigenvalue weighted by Gasteiger charge is 2.09. The van der Waals surface area contributed by atoms with E-state index < -0.39 is 0 Å². The number of allylic oxidation sites excluding steroid dienone is 1. The molecule has 1 aromatic heterocycles. The number of hydrogen-bond donors (Lipinski definition) is 1. The van der Waals surface area contributed by atoms with Crippen LogP contribution in [0.15, 0.2) is 18.9 Å². The van der Waals surface area contributed by atoms with Crippen LogP contribution in [0.3, 0.4) is 0 Å². The smallest absolute Gasteiger partial charge is 0.205 e. The van der Waals surface area contributed by atoms with Crippen molar-refractivity contribution in [3.63, 3.8) is 0 Å². The van der Waals surface area contributed by atoms with E-state index in [1.165, 1.54) is 0 Å². The minimum Gasteiger partial charge on any atom is -0.344 e. The van der Waals surface area contributed by atoms with Crippen LogP contribution in [0, 0.1) is 0 Å². The molecule has 1 N–H and O–H groups in total. The van der Waals surface area contributed by atoms with E-state index >= 15 is 0 Å². The van der Waals surface area contributed by atoms with Crippen LogP contribution >= 0.6 is 0 Å². The van der Waals surface area contributed by atoms with Gasteiger partial charge in [0.15, 0.2) is 0 Å². The molecule has 4 heteroatoms. The maximum absolute atomic E-state index is 4.61. The average Bonchev–Trinajstić information content (AvgIpc) is 2.70. The van der Waals surface area contributed by atoms with Crippen molar-refractivity contribution < 1.29 is 0 Å². The highest BCUT2D eigenvalue weighted by molar-refractivity contribution is 5.32. The van der Waals surface area contributed by atoms with Crippen LogP contribution < -0.4 is 10.2 Å². The van der Waals surface area contributed by atoms with Crippen molar-refractivity contribution in [2.75, 3.05) is 32.1 Å². The molecule has 1 heterocycles. The fourth-order valence-electron chi connectivity index (χ4n) is 1.59. The molecule has 0 atom stereocenters. The Balaban J connectivity index is 2.82. The maximum Gasteiger partial charge on any atom is 0.205 e. The summed E-state index contributed by atoms with van der Waals surface area (Å²) < 4.78 is 2.14. The van der Waals surface area contributed by atoms with Crippen molar-refractivity contribution in [3.8, 4) is 0 Å². The summed E-state index contributed by atoms with van der Waals surface area (Å²) in [5, 5.41) is 3.14. The second-order valence-corrected chi connectivity index (χ2v) is 3.85. The number of hydrogen-bond acceptors (Lipinski definition) is 3. The van der Waals surface area contributed by atoms with E-state index in [1.54, 1.807) is 0 Å². The SMILES string of the molecule is C=CCn1cc(CC)nc1N(C)CCNC. The van der Waals surface area contributed by atoms with Crippen molar-refractivity contribution in [2.24, 2.45) is 0 Å². The predicted octanol–water partition coefficient (Wildman–Crippen LogP) is 1.29. The lowest BCUT2D eigenvalue weighted by atomic mass is 10.4. The second-order valence-electron chi connectivity index (χ2n) is 3.85. The maximum atomic E-state index is 4.61. The zero-order valence-electron chi connectivity index (χ0n) is 10.5. The van der Waals surface area contributed by atoms with E-state index in [0.717, 1.165) is 37.7 Å². The van der Waals surface area contributed by atoms with Gasteiger partial charge in [-0.1, -0.05) is 13.0 Å². The quantitative estimate of drug-likeness (QED) is 0.706. The molecule has 0 aliphatic carbocycles. The van der Waals surface area contributed by atoms with Crippen molar-refractivity contribution in [1.29, 1.82) is 0 Å². The van der Waals surface area contributed by atoms with Gasteiger partial charge in [0.05, 0.1) is 5.69 Å². The molecule has 0 aliphatic rings. The Bertz CT molecular complexity index is 330. The molecule has 0 aromatic carbocycles. The van der Waals surface area contributed by atoms with Crippen LogP contribution in [0.1, 0.15) is 12.6 Å². The number of likely N-dealkylation sites (N-methyl/N-ethyl adjacent to an activating group) is 2. The number of nitrogens with one attached hydrogen (secondary N) is 1. The highest BCUT2D eigenvalue weighted by Crippen LogP contribution is 2.13. The van der Waals surface area contributed by atoms with Gasteiger partial charge in [-0.15, -0.1) is 6.58 Å². The normalized spacial score (nSPS) is 10.4. The average molecular weight is 222 g/mol. The Labute approximate surface area is 98.0 Å². The van der Waals surface area contributed by atoms with E-state index in [2.05, 4.69) is 46.5 Å². The molecule has 0 spiro atoms. The van der Waals surface area contributed by atoms with Crippen molar-refractivity contribution in [2.45, 2.75) is 19.9 Å². The Morgan fingerprint density at radius 3 is 2.94 bits per heavy atom. The Hall–Kier alpha value is -1.29. The molecule has 4 nitrogen and oxygen atoms in total. The molecule has 1 aromatic rings. The van der Waals surface area contributed by atoms with E-state index in [9.17, 15) is 0 Å². The number of nitrogens with zero attached hydrogens (tertiary/aromatic N) is 3. The molecule has 0 aliphatic heterocycles. The highest BCUT2D eigenvalue weighted by atomic mass is 15.3. The first-order chi connectivity index (χ1) is 7.72. The molecule has 0 fully saturated rings. The van der Waals surface area contributed by atoms with Crippen molar-refractivity contribution >= 4 is 5.95 Å². The summed E-state index contributed by atoms with van der Waals surface area (Å²) in [5.41, 5.74) is 1.13. The van der Waals surface area contributed by atoms with Gasteiger partial charge >= 0.3 is 0 Å². The summed E-state index contributed by atoms with van der Waals surface area (Å²) in [6.45, 7) is 8.62. The number of anilines is 1. The largest absolute Gasteiger partial charge is 0.344 e. The monoisotopic (exact) mass is 222 g/mol. The molecule has 1 rings (SSSR count). The van der Waals surface area contributed by atoms with Gasteiger partial charge in [-0.2, -0.15) is 0 Å². The van der Waals surface area contributed by atoms with Crippen LogP contribution in [0.4, 0.5) is 5.95 Å². The zero-order valence-corrected chi connectivity index (χ0v) is 10.5. The summed E-state index contributed by atoms with van der Waals surface area (Å²) in [6.07, 6.45) is 4.97. The summed E-state index contributed by atoms with van der Waals surface area (Å²) in [5.74, 6) is 1.02. The summed E-state index contributed by atoms with van der Waals surface area (Å²) in [7, 11) is 4.03. The van der Waals surface area contributed by atoms with Crippen LogP contribution in [0.25, 0.3) is 0 Å². The Kier molecular flexibility index (Phi) is 5.05.